The summed E-state index contributed by atoms with van der Waals surface area (Å²) in [6, 6.07) is 4.21. The molecule has 1 N–H and O–H groups in total. The first-order chi connectivity index (χ1) is 9.26. The van der Waals surface area contributed by atoms with Crippen molar-refractivity contribution in [3.05, 3.63) is 39.0 Å². The summed E-state index contributed by atoms with van der Waals surface area (Å²) in [6.07, 6.45) is 5.08. The largest absolute Gasteiger partial charge is 0.364 e. The molecule has 0 saturated carbocycles. The zero-order valence-electron chi connectivity index (χ0n) is 10.7. The predicted octanol–water partition coefficient (Wildman–Crippen LogP) is 2.82. The lowest BCUT2D eigenvalue weighted by molar-refractivity contribution is 0.899. The number of rotatable bonds is 3. The Bertz CT molecular complexity index is 654. The van der Waals surface area contributed by atoms with Crippen LogP contribution in [-0.2, 0) is 19.4 Å². The highest BCUT2D eigenvalue weighted by Crippen LogP contribution is 2.25. The number of aromatic nitrogens is 2. The molecule has 0 aromatic carbocycles. The Hall–Kier alpha value is -1.93. The fourth-order valence-electron chi connectivity index (χ4n) is 2.35. The van der Waals surface area contributed by atoms with Crippen LogP contribution in [0.15, 0.2) is 12.3 Å². The molecule has 5 heteroatoms. The van der Waals surface area contributed by atoms with E-state index in [1.807, 2.05) is 19.2 Å². The van der Waals surface area contributed by atoms with Gasteiger partial charge in [-0.2, -0.15) is 5.26 Å². The van der Waals surface area contributed by atoms with Crippen LogP contribution in [0, 0.1) is 18.3 Å². The van der Waals surface area contributed by atoms with Gasteiger partial charge in [0.15, 0.2) is 0 Å². The molecule has 96 valence electrons. The number of nitriles is 1. The summed E-state index contributed by atoms with van der Waals surface area (Å²) >= 11 is 1.66. The summed E-state index contributed by atoms with van der Waals surface area (Å²) in [4.78, 5) is 9.98. The van der Waals surface area contributed by atoms with Gasteiger partial charge in [-0.15, -0.1) is 11.3 Å². The lowest BCUT2D eigenvalue weighted by Gasteiger charge is -2.08. The second kappa shape index (κ2) is 4.98. The molecule has 0 spiro atoms. The van der Waals surface area contributed by atoms with Crippen LogP contribution < -0.4 is 5.32 Å². The molecule has 0 aliphatic heterocycles. The van der Waals surface area contributed by atoms with Crippen molar-refractivity contribution < 1.29 is 0 Å². The van der Waals surface area contributed by atoms with Crippen LogP contribution in [0.5, 0.6) is 0 Å². The number of fused-ring (bicyclic) bond motifs is 1. The first-order valence-corrected chi connectivity index (χ1v) is 7.16. The molecule has 2 aromatic heterocycles. The lowest BCUT2D eigenvalue weighted by Crippen LogP contribution is -2.04. The number of hydrogen-bond acceptors (Lipinski definition) is 5. The molecule has 2 heterocycles. The van der Waals surface area contributed by atoms with Crippen LogP contribution in [0.3, 0.4) is 0 Å². The van der Waals surface area contributed by atoms with Gasteiger partial charge in [-0.25, -0.2) is 9.97 Å². The molecule has 3 rings (SSSR count). The van der Waals surface area contributed by atoms with E-state index in [4.69, 9.17) is 0 Å². The molecule has 1 aliphatic carbocycles. The molecule has 2 aromatic rings. The van der Waals surface area contributed by atoms with Crippen LogP contribution in [0.2, 0.25) is 0 Å². The third-order valence-corrected chi connectivity index (χ3v) is 4.18. The molecule has 4 nitrogen and oxygen atoms in total. The Kier molecular flexibility index (Phi) is 3.18. The van der Waals surface area contributed by atoms with Gasteiger partial charge in [0.2, 0.25) is 0 Å². The SMILES string of the molecule is Cc1ncc(CNc2nc3c(cc2C#N)CCC3)s1. The van der Waals surface area contributed by atoms with Crippen LogP contribution in [0.4, 0.5) is 5.82 Å². The maximum Gasteiger partial charge on any atom is 0.144 e. The van der Waals surface area contributed by atoms with Gasteiger partial charge < -0.3 is 5.32 Å². The van der Waals surface area contributed by atoms with E-state index >= 15 is 0 Å². The maximum absolute atomic E-state index is 9.21. The minimum atomic E-state index is 0.641. The molecule has 0 unspecified atom stereocenters. The molecule has 0 bridgehead atoms. The molecule has 0 radical (unpaired) electrons. The highest BCUT2D eigenvalue weighted by Gasteiger charge is 2.16. The van der Waals surface area contributed by atoms with E-state index in [2.05, 4.69) is 21.4 Å². The summed E-state index contributed by atoms with van der Waals surface area (Å²) in [7, 11) is 0. The number of thiazole rings is 1. The summed E-state index contributed by atoms with van der Waals surface area (Å²) < 4.78 is 0. The fourth-order valence-corrected chi connectivity index (χ4v) is 3.08. The average Bonchev–Trinajstić information content (AvgIpc) is 3.03. The zero-order chi connectivity index (χ0) is 13.2. The van der Waals surface area contributed by atoms with Crippen LogP contribution in [0.1, 0.15) is 33.1 Å². The average molecular weight is 270 g/mol. The highest BCUT2D eigenvalue weighted by molar-refractivity contribution is 7.11. The van der Waals surface area contributed by atoms with E-state index in [9.17, 15) is 5.26 Å². The zero-order valence-corrected chi connectivity index (χ0v) is 11.5. The van der Waals surface area contributed by atoms with Crippen LogP contribution in [-0.4, -0.2) is 9.97 Å². The Morgan fingerprint density at radius 3 is 3.11 bits per heavy atom. The van der Waals surface area contributed by atoms with E-state index in [1.54, 1.807) is 11.3 Å². The van der Waals surface area contributed by atoms with Gasteiger partial charge in [0.05, 0.1) is 17.1 Å². The second-order valence-corrected chi connectivity index (χ2v) is 5.97. The third-order valence-electron chi connectivity index (χ3n) is 3.27. The van der Waals surface area contributed by atoms with Gasteiger partial charge in [-0.05, 0) is 37.8 Å². The molecule has 1 aliphatic rings. The minimum Gasteiger partial charge on any atom is -0.364 e. The summed E-state index contributed by atoms with van der Waals surface area (Å²) in [5.74, 6) is 0.703. The highest BCUT2D eigenvalue weighted by atomic mass is 32.1. The standard InChI is InChI=1S/C14H14N4S/c1-9-16-7-12(19-9)8-17-14-11(6-15)5-10-3-2-4-13(10)18-14/h5,7H,2-4,8H2,1H3,(H,17,18). The van der Waals surface area contributed by atoms with Crippen molar-refractivity contribution in [2.24, 2.45) is 0 Å². The predicted molar refractivity (Wildman–Crippen MR) is 75.2 cm³/mol. The number of nitrogens with zero attached hydrogens (tertiary/aromatic N) is 3. The Morgan fingerprint density at radius 2 is 2.37 bits per heavy atom. The first kappa shape index (κ1) is 12.1. The summed E-state index contributed by atoms with van der Waals surface area (Å²) in [6.45, 7) is 2.66. The normalized spacial score (nSPS) is 13.1. The van der Waals surface area contributed by atoms with Gasteiger partial charge in [0, 0.05) is 16.8 Å². The van der Waals surface area contributed by atoms with Crippen molar-refractivity contribution in [3.63, 3.8) is 0 Å². The van der Waals surface area contributed by atoms with E-state index in [0.717, 1.165) is 34.8 Å². The quantitative estimate of drug-likeness (QED) is 0.931. The summed E-state index contributed by atoms with van der Waals surface area (Å²) in [5.41, 5.74) is 3.01. The van der Waals surface area contributed by atoms with Gasteiger partial charge in [-0.3, -0.25) is 0 Å². The number of nitrogens with one attached hydrogen (secondary N) is 1. The second-order valence-electron chi connectivity index (χ2n) is 4.65. The Balaban J connectivity index is 1.82. The third kappa shape index (κ3) is 2.45. The van der Waals surface area contributed by atoms with Gasteiger partial charge in [0.1, 0.15) is 11.9 Å². The van der Waals surface area contributed by atoms with Gasteiger partial charge in [0.25, 0.3) is 0 Å². The molecule has 0 atom stereocenters. The van der Waals surface area contributed by atoms with Crippen molar-refractivity contribution in [1.29, 1.82) is 5.26 Å². The van der Waals surface area contributed by atoms with Crippen molar-refractivity contribution in [2.75, 3.05) is 5.32 Å². The molecule has 19 heavy (non-hydrogen) atoms. The maximum atomic E-state index is 9.21. The Morgan fingerprint density at radius 1 is 1.47 bits per heavy atom. The van der Waals surface area contributed by atoms with Crippen LogP contribution >= 0.6 is 11.3 Å². The molecule has 0 fully saturated rings. The number of hydrogen-bond donors (Lipinski definition) is 1. The topological polar surface area (TPSA) is 61.6 Å². The minimum absolute atomic E-state index is 0.641. The molecule has 0 amide bonds. The molecule has 0 saturated heterocycles. The van der Waals surface area contributed by atoms with E-state index in [0.29, 0.717) is 17.9 Å². The lowest BCUT2D eigenvalue weighted by atomic mass is 10.1. The van der Waals surface area contributed by atoms with E-state index < -0.39 is 0 Å². The fraction of sp³-hybridized carbons (Fsp3) is 0.357. The molecular formula is C14H14N4S. The van der Waals surface area contributed by atoms with E-state index in [1.165, 1.54) is 5.56 Å². The van der Waals surface area contributed by atoms with Crippen molar-refractivity contribution >= 4 is 17.2 Å². The summed E-state index contributed by atoms with van der Waals surface area (Å²) in [5, 5.41) is 13.5. The van der Waals surface area contributed by atoms with Gasteiger partial charge in [-0.1, -0.05) is 0 Å². The van der Waals surface area contributed by atoms with Crippen molar-refractivity contribution in [2.45, 2.75) is 32.7 Å². The van der Waals surface area contributed by atoms with E-state index in [-0.39, 0.29) is 0 Å². The van der Waals surface area contributed by atoms with Crippen molar-refractivity contribution in [3.8, 4) is 6.07 Å². The smallest absolute Gasteiger partial charge is 0.144 e. The van der Waals surface area contributed by atoms with Crippen LogP contribution in [0.25, 0.3) is 0 Å². The first-order valence-electron chi connectivity index (χ1n) is 6.34. The Labute approximate surface area is 116 Å². The number of pyridine rings is 1. The number of anilines is 1. The van der Waals surface area contributed by atoms with Crippen molar-refractivity contribution in [1.82, 2.24) is 9.97 Å². The monoisotopic (exact) mass is 270 g/mol. The van der Waals surface area contributed by atoms with Gasteiger partial charge >= 0.3 is 0 Å². The number of aryl methyl sites for hydroxylation is 3. The molecular weight excluding hydrogens is 256 g/mol.